The van der Waals surface area contributed by atoms with Crippen molar-refractivity contribution < 1.29 is 0 Å². The highest BCUT2D eigenvalue weighted by Crippen LogP contribution is 2.56. The predicted octanol–water partition coefficient (Wildman–Crippen LogP) is 16.4. The van der Waals surface area contributed by atoms with Crippen molar-refractivity contribution in [3.63, 3.8) is 0 Å². The molecule has 4 aliphatic rings. The van der Waals surface area contributed by atoms with E-state index in [1.807, 2.05) is 0 Å². The molecule has 292 valence electrons. The molecule has 0 saturated heterocycles. The van der Waals surface area contributed by atoms with Crippen molar-refractivity contribution >= 4 is 17.1 Å². The van der Waals surface area contributed by atoms with Crippen LogP contribution in [0.15, 0.2) is 164 Å². The topological polar surface area (TPSA) is 3.24 Å². The fourth-order valence-electron chi connectivity index (χ4n) is 12.0. The molecule has 0 radical (unpaired) electrons. The minimum atomic E-state index is -0.138. The van der Waals surface area contributed by atoms with E-state index < -0.39 is 0 Å². The van der Waals surface area contributed by atoms with Gasteiger partial charge in [-0.2, -0.15) is 0 Å². The van der Waals surface area contributed by atoms with Crippen molar-refractivity contribution in [1.82, 2.24) is 0 Å². The third kappa shape index (κ3) is 6.37. The van der Waals surface area contributed by atoms with Crippen LogP contribution in [0.3, 0.4) is 0 Å². The van der Waals surface area contributed by atoms with Gasteiger partial charge in [-0.05, 0) is 142 Å². The number of hydrogen-bond donors (Lipinski definition) is 0. The van der Waals surface area contributed by atoms with Gasteiger partial charge in [0.2, 0.25) is 0 Å². The average molecular weight is 766 g/mol. The Morgan fingerprint density at radius 2 is 1.12 bits per heavy atom. The lowest BCUT2D eigenvalue weighted by Gasteiger charge is -2.33. The molecule has 2 bridgehead atoms. The monoisotopic (exact) mass is 765 g/mol. The first-order chi connectivity index (χ1) is 29.0. The molecule has 3 fully saturated rings. The number of fused-ring (bicyclic) bond motifs is 5. The van der Waals surface area contributed by atoms with Gasteiger partial charge in [-0.3, -0.25) is 0 Å². The molecule has 0 heterocycles. The molecule has 11 rings (SSSR count). The Labute approximate surface area is 351 Å². The van der Waals surface area contributed by atoms with E-state index in [0.717, 1.165) is 11.8 Å². The van der Waals surface area contributed by atoms with Gasteiger partial charge in [-0.25, -0.2) is 0 Å². The summed E-state index contributed by atoms with van der Waals surface area (Å²) in [5.74, 6) is 3.07. The number of rotatable bonds is 8. The summed E-state index contributed by atoms with van der Waals surface area (Å²) in [6.45, 7) is 4.83. The van der Waals surface area contributed by atoms with Gasteiger partial charge in [0.1, 0.15) is 0 Å². The summed E-state index contributed by atoms with van der Waals surface area (Å²) in [6, 6.07) is 62.7. The number of anilines is 3. The van der Waals surface area contributed by atoms with Gasteiger partial charge in [0.15, 0.2) is 0 Å². The van der Waals surface area contributed by atoms with Crippen molar-refractivity contribution in [2.24, 2.45) is 11.8 Å². The summed E-state index contributed by atoms with van der Waals surface area (Å²) in [6.07, 6.45) is 12.2. The fourth-order valence-corrected chi connectivity index (χ4v) is 12.0. The molecule has 1 heteroatoms. The van der Waals surface area contributed by atoms with Crippen LogP contribution in [0, 0.1) is 11.8 Å². The summed E-state index contributed by atoms with van der Waals surface area (Å²) in [5, 5.41) is 0. The smallest absolute Gasteiger partial charge is 0.0543 e. The zero-order chi connectivity index (χ0) is 39.5. The molecule has 0 N–H and O–H groups in total. The van der Waals surface area contributed by atoms with Crippen molar-refractivity contribution in [1.29, 1.82) is 0 Å². The number of benzene rings is 7. The Morgan fingerprint density at radius 3 is 1.86 bits per heavy atom. The normalized spacial score (nSPS) is 20.3. The lowest BCUT2D eigenvalue weighted by molar-refractivity contribution is 0.420. The van der Waals surface area contributed by atoms with E-state index in [9.17, 15) is 0 Å². The van der Waals surface area contributed by atoms with Crippen molar-refractivity contribution in [3.8, 4) is 44.5 Å². The third-order valence-corrected chi connectivity index (χ3v) is 15.0. The van der Waals surface area contributed by atoms with E-state index in [-0.39, 0.29) is 5.41 Å². The van der Waals surface area contributed by atoms with Gasteiger partial charge >= 0.3 is 0 Å². The van der Waals surface area contributed by atoms with Crippen LogP contribution in [-0.2, 0) is 5.41 Å². The third-order valence-electron chi connectivity index (χ3n) is 15.0. The molecule has 3 unspecified atom stereocenters. The Kier molecular flexibility index (Phi) is 9.18. The molecule has 59 heavy (non-hydrogen) atoms. The molecule has 0 spiro atoms. The maximum atomic E-state index is 2.62. The van der Waals surface area contributed by atoms with E-state index in [2.05, 4.69) is 183 Å². The van der Waals surface area contributed by atoms with E-state index >= 15 is 0 Å². The highest BCUT2D eigenvalue weighted by atomic mass is 15.1. The highest BCUT2D eigenvalue weighted by molar-refractivity contribution is 5.98. The first-order valence-corrected chi connectivity index (χ1v) is 22.5. The standard InChI is InChI=1S/C58H55N/c1-58(2)54-23-13-11-21-49(54)53-37-52(44-29-27-41(28-30-44)40-15-5-3-6-16-40)57(38-55(53)58)59(46-33-31-43(32-34-46)51-36-39-25-26-45(51)35-39)56-24-14-12-22-50(56)48-20-10-9-19-47(48)42-17-7-4-8-18-42/h3,5-6,9-16,19-24,27-34,37-39,42,45,51H,4,7-8,17-18,25-26,35-36H2,1-2H3. The van der Waals surface area contributed by atoms with Crippen LogP contribution in [0.25, 0.3) is 44.5 Å². The van der Waals surface area contributed by atoms with Crippen LogP contribution in [0.4, 0.5) is 17.1 Å². The molecule has 0 aromatic heterocycles. The lowest BCUT2D eigenvalue weighted by atomic mass is 9.80. The van der Waals surface area contributed by atoms with Crippen LogP contribution in [0.1, 0.15) is 106 Å². The molecule has 3 atom stereocenters. The summed E-state index contributed by atoms with van der Waals surface area (Å²) in [7, 11) is 0. The second-order valence-corrected chi connectivity index (χ2v) is 18.7. The lowest BCUT2D eigenvalue weighted by Crippen LogP contribution is -2.18. The molecule has 0 aliphatic heterocycles. The van der Waals surface area contributed by atoms with E-state index in [4.69, 9.17) is 0 Å². The summed E-state index contributed by atoms with van der Waals surface area (Å²) >= 11 is 0. The summed E-state index contributed by atoms with van der Waals surface area (Å²) in [4.78, 5) is 2.62. The van der Waals surface area contributed by atoms with Crippen LogP contribution in [-0.4, -0.2) is 0 Å². The van der Waals surface area contributed by atoms with Gasteiger partial charge in [-0.1, -0.05) is 173 Å². The van der Waals surface area contributed by atoms with Crippen LogP contribution in [0.5, 0.6) is 0 Å². The number of hydrogen-bond acceptors (Lipinski definition) is 1. The summed E-state index contributed by atoms with van der Waals surface area (Å²) in [5.41, 5.74) is 19.7. The maximum absolute atomic E-state index is 2.62. The van der Waals surface area contributed by atoms with Crippen molar-refractivity contribution in [2.45, 2.75) is 88.9 Å². The Balaban J connectivity index is 1.14. The first kappa shape index (κ1) is 36.4. The molecule has 3 saturated carbocycles. The molecular weight excluding hydrogens is 711 g/mol. The molecule has 1 nitrogen and oxygen atoms in total. The van der Waals surface area contributed by atoms with Gasteiger partial charge in [0.25, 0.3) is 0 Å². The predicted molar refractivity (Wildman–Crippen MR) is 249 cm³/mol. The molecule has 7 aromatic rings. The first-order valence-electron chi connectivity index (χ1n) is 22.5. The Morgan fingerprint density at radius 1 is 0.458 bits per heavy atom. The van der Waals surface area contributed by atoms with E-state index in [1.165, 1.54) is 142 Å². The molecule has 0 amide bonds. The SMILES string of the molecule is CC1(C)c2ccccc2-c2cc(-c3ccc(-c4ccccc4)cc3)c(N(c3ccc(C4CC5CCC4C5)cc3)c3ccccc3-c3ccccc3C3CCCCC3)cc21. The molecular formula is C58H55N. The van der Waals surface area contributed by atoms with Crippen LogP contribution in [0.2, 0.25) is 0 Å². The average Bonchev–Trinajstić information content (AvgIpc) is 4.00. The quantitative estimate of drug-likeness (QED) is 0.149. The second-order valence-electron chi connectivity index (χ2n) is 18.7. The van der Waals surface area contributed by atoms with Crippen molar-refractivity contribution in [3.05, 3.63) is 186 Å². The fraction of sp³-hybridized carbons (Fsp3) is 0.276. The minimum absolute atomic E-state index is 0.138. The second kappa shape index (κ2) is 14.9. The van der Waals surface area contributed by atoms with E-state index in [1.54, 1.807) is 0 Å². The van der Waals surface area contributed by atoms with Gasteiger partial charge < -0.3 is 4.90 Å². The Hall–Kier alpha value is -5.66. The van der Waals surface area contributed by atoms with Gasteiger partial charge in [0, 0.05) is 22.2 Å². The zero-order valence-electron chi connectivity index (χ0n) is 34.7. The molecule has 4 aliphatic carbocycles. The Bertz CT molecular complexity index is 2630. The van der Waals surface area contributed by atoms with Gasteiger partial charge in [-0.15, -0.1) is 0 Å². The van der Waals surface area contributed by atoms with Crippen LogP contribution >= 0.6 is 0 Å². The van der Waals surface area contributed by atoms with Gasteiger partial charge in [0.05, 0.1) is 11.4 Å². The maximum Gasteiger partial charge on any atom is 0.0543 e. The minimum Gasteiger partial charge on any atom is -0.309 e. The van der Waals surface area contributed by atoms with Crippen molar-refractivity contribution in [2.75, 3.05) is 4.90 Å². The number of para-hydroxylation sites is 1. The number of nitrogens with zero attached hydrogens (tertiary/aromatic N) is 1. The molecule has 7 aromatic carbocycles. The highest BCUT2D eigenvalue weighted by Gasteiger charge is 2.40. The van der Waals surface area contributed by atoms with E-state index in [0.29, 0.717) is 11.8 Å². The summed E-state index contributed by atoms with van der Waals surface area (Å²) < 4.78 is 0. The van der Waals surface area contributed by atoms with Crippen LogP contribution < -0.4 is 4.90 Å². The largest absolute Gasteiger partial charge is 0.309 e. The zero-order valence-corrected chi connectivity index (χ0v) is 34.7.